The number of rotatable bonds is 6. The minimum Gasteiger partial charge on any atom is -0.478 e. The topological polar surface area (TPSA) is 63.6 Å². The van der Waals surface area contributed by atoms with Crippen molar-refractivity contribution < 1.29 is 19.4 Å². The average molecular weight is 266 g/mol. The summed E-state index contributed by atoms with van der Waals surface area (Å²) in [5, 5.41) is 10.9. The largest absolute Gasteiger partial charge is 0.478 e. The maximum Gasteiger partial charge on any atom is 0.336 e. The van der Waals surface area contributed by atoms with Crippen LogP contribution in [0.1, 0.15) is 18.2 Å². The van der Waals surface area contributed by atoms with Crippen molar-refractivity contribution in [2.45, 2.75) is 13.3 Å². The molecule has 0 saturated heterocycles. The van der Waals surface area contributed by atoms with Crippen molar-refractivity contribution in [3.8, 4) is 0 Å². The van der Waals surface area contributed by atoms with Crippen LogP contribution in [0.5, 0.6) is 0 Å². The first-order valence-corrected chi connectivity index (χ1v) is 6.20. The highest BCUT2D eigenvalue weighted by molar-refractivity contribution is 7.11. The Morgan fingerprint density at radius 3 is 2.78 bits per heavy atom. The molecular weight excluding hydrogens is 252 g/mol. The number of aliphatic carboxylic acids is 1. The number of ether oxygens (including phenoxy) is 1. The maximum atomic E-state index is 11.1. The normalized spacial score (nSPS) is 11.1. The van der Waals surface area contributed by atoms with Gasteiger partial charge in [0.05, 0.1) is 12.2 Å². The highest BCUT2D eigenvalue weighted by Crippen LogP contribution is 2.20. The lowest BCUT2D eigenvalue weighted by Gasteiger charge is -2.02. The molecule has 0 spiro atoms. The second-order valence-corrected chi connectivity index (χ2v) is 4.55. The quantitative estimate of drug-likeness (QED) is 0.488. The minimum atomic E-state index is -0.983. The van der Waals surface area contributed by atoms with Crippen LogP contribution in [-0.4, -0.2) is 23.7 Å². The molecule has 18 heavy (non-hydrogen) atoms. The Balaban J connectivity index is 2.56. The summed E-state index contributed by atoms with van der Waals surface area (Å²) in [4.78, 5) is 22.8. The SMILES string of the molecule is C=C(C)C(=O)OCCC=C(C(=O)O)c1cccs1. The molecule has 1 rings (SSSR count). The Bertz CT molecular complexity index is 471. The zero-order valence-electron chi connectivity index (χ0n) is 10.0. The van der Waals surface area contributed by atoms with Gasteiger partial charge >= 0.3 is 11.9 Å². The van der Waals surface area contributed by atoms with E-state index < -0.39 is 11.9 Å². The molecule has 4 nitrogen and oxygen atoms in total. The van der Waals surface area contributed by atoms with Crippen LogP contribution in [0.2, 0.25) is 0 Å². The Morgan fingerprint density at radius 2 is 2.28 bits per heavy atom. The fourth-order valence-electron chi connectivity index (χ4n) is 1.20. The van der Waals surface area contributed by atoms with Crippen LogP contribution >= 0.6 is 11.3 Å². The molecule has 5 heteroatoms. The van der Waals surface area contributed by atoms with E-state index in [0.717, 1.165) is 0 Å². The number of carboxylic acid groups (broad SMARTS) is 1. The van der Waals surface area contributed by atoms with Crippen LogP contribution in [0.15, 0.2) is 35.7 Å². The molecule has 0 unspecified atom stereocenters. The van der Waals surface area contributed by atoms with Gasteiger partial charge in [0.2, 0.25) is 0 Å². The minimum absolute atomic E-state index is 0.147. The first kappa shape index (κ1) is 14.2. The number of carbonyl (C=O) groups excluding carboxylic acids is 1. The van der Waals surface area contributed by atoms with Gasteiger partial charge in [0.15, 0.2) is 0 Å². The van der Waals surface area contributed by atoms with Crippen LogP contribution in [-0.2, 0) is 14.3 Å². The number of carboxylic acids is 1. The molecule has 0 saturated carbocycles. The van der Waals surface area contributed by atoms with Gasteiger partial charge in [-0.15, -0.1) is 11.3 Å². The van der Waals surface area contributed by atoms with Gasteiger partial charge in [0, 0.05) is 16.9 Å². The van der Waals surface area contributed by atoms with Crippen molar-refractivity contribution in [2.75, 3.05) is 6.61 Å². The van der Waals surface area contributed by atoms with E-state index in [2.05, 4.69) is 6.58 Å². The van der Waals surface area contributed by atoms with E-state index in [1.807, 2.05) is 5.38 Å². The van der Waals surface area contributed by atoms with E-state index in [1.165, 1.54) is 11.3 Å². The van der Waals surface area contributed by atoms with Gasteiger partial charge < -0.3 is 9.84 Å². The van der Waals surface area contributed by atoms with Gasteiger partial charge in [0.25, 0.3) is 0 Å². The molecule has 0 amide bonds. The van der Waals surface area contributed by atoms with E-state index in [4.69, 9.17) is 9.84 Å². The van der Waals surface area contributed by atoms with E-state index in [0.29, 0.717) is 16.9 Å². The molecule has 0 aromatic carbocycles. The summed E-state index contributed by atoms with van der Waals surface area (Å²) < 4.78 is 4.88. The van der Waals surface area contributed by atoms with Gasteiger partial charge in [-0.1, -0.05) is 18.7 Å². The molecule has 0 aliphatic carbocycles. The summed E-state index contributed by atoms with van der Waals surface area (Å²) in [5.74, 6) is -1.44. The summed E-state index contributed by atoms with van der Waals surface area (Å²) in [6.45, 7) is 5.16. The van der Waals surface area contributed by atoms with E-state index in [-0.39, 0.29) is 12.2 Å². The molecular formula is C13H14O4S. The van der Waals surface area contributed by atoms with Gasteiger partial charge in [-0.25, -0.2) is 9.59 Å². The second-order valence-electron chi connectivity index (χ2n) is 3.61. The molecule has 0 bridgehead atoms. The van der Waals surface area contributed by atoms with Crippen molar-refractivity contribution in [3.63, 3.8) is 0 Å². The predicted octanol–water partition coefficient (Wildman–Crippen LogP) is 2.73. The van der Waals surface area contributed by atoms with E-state index >= 15 is 0 Å². The second kappa shape index (κ2) is 6.76. The van der Waals surface area contributed by atoms with E-state index in [1.54, 1.807) is 25.1 Å². The summed E-state index contributed by atoms with van der Waals surface area (Å²) >= 11 is 1.36. The standard InChI is InChI=1S/C13H14O4S/c1-9(2)13(16)17-7-3-5-10(12(14)15)11-6-4-8-18-11/h4-6,8H,1,3,7H2,2H3,(H,14,15). The fraction of sp³-hybridized carbons (Fsp3) is 0.231. The number of hydrogen-bond acceptors (Lipinski definition) is 4. The third-order valence-corrected chi connectivity index (χ3v) is 2.97. The van der Waals surface area contributed by atoms with Crippen LogP contribution in [0.4, 0.5) is 0 Å². The summed E-state index contributed by atoms with van der Waals surface area (Å²) in [6, 6.07) is 3.53. The smallest absolute Gasteiger partial charge is 0.336 e. The maximum absolute atomic E-state index is 11.1. The molecule has 0 radical (unpaired) electrons. The highest BCUT2D eigenvalue weighted by Gasteiger charge is 2.10. The molecule has 0 aliphatic rings. The summed E-state index contributed by atoms with van der Waals surface area (Å²) in [5.41, 5.74) is 0.562. The Labute approximate surface area is 109 Å². The fourth-order valence-corrected chi connectivity index (χ4v) is 1.96. The van der Waals surface area contributed by atoms with Crippen molar-refractivity contribution in [2.24, 2.45) is 0 Å². The van der Waals surface area contributed by atoms with Crippen molar-refractivity contribution in [1.29, 1.82) is 0 Å². The molecule has 1 heterocycles. The summed E-state index contributed by atoms with van der Waals surface area (Å²) in [7, 11) is 0. The lowest BCUT2D eigenvalue weighted by Crippen LogP contribution is -2.06. The first-order chi connectivity index (χ1) is 8.52. The molecule has 1 aromatic heterocycles. The number of esters is 1. The van der Waals surface area contributed by atoms with Crippen molar-refractivity contribution in [3.05, 3.63) is 40.6 Å². The zero-order chi connectivity index (χ0) is 13.5. The molecule has 1 aromatic rings. The lowest BCUT2D eigenvalue weighted by atomic mass is 10.2. The Hall–Kier alpha value is -1.88. The third kappa shape index (κ3) is 4.18. The Kier molecular flexibility index (Phi) is 5.32. The number of thiophene rings is 1. The highest BCUT2D eigenvalue weighted by atomic mass is 32.1. The van der Waals surface area contributed by atoms with Gasteiger partial charge in [-0.2, -0.15) is 0 Å². The lowest BCUT2D eigenvalue weighted by molar-refractivity contribution is -0.138. The van der Waals surface area contributed by atoms with E-state index in [9.17, 15) is 9.59 Å². The van der Waals surface area contributed by atoms with Crippen LogP contribution < -0.4 is 0 Å². The molecule has 0 atom stereocenters. The molecule has 0 fully saturated rings. The Morgan fingerprint density at radius 1 is 1.56 bits per heavy atom. The molecule has 96 valence electrons. The van der Waals surface area contributed by atoms with Crippen molar-refractivity contribution in [1.82, 2.24) is 0 Å². The predicted molar refractivity (Wildman–Crippen MR) is 70.3 cm³/mol. The monoisotopic (exact) mass is 266 g/mol. The van der Waals surface area contributed by atoms with Gasteiger partial charge in [0.1, 0.15) is 0 Å². The average Bonchev–Trinajstić information content (AvgIpc) is 2.81. The number of hydrogen-bond donors (Lipinski definition) is 1. The first-order valence-electron chi connectivity index (χ1n) is 5.32. The van der Waals surface area contributed by atoms with Crippen molar-refractivity contribution >= 4 is 28.8 Å². The molecule has 1 N–H and O–H groups in total. The summed E-state index contributed by atoms with van der Waals surface area (Å²) in [6.07, 6.45) is 1.92. The van der Waals surface area contributed by atoms with Gasteiger partial charge in [-0.05, 0) is 18.4 Å². The number of carbonyl (C=O) groups is 2. The molecule has 0 aliphatic heterocycles. The third-order valence-electron chi connectivity index (χ3n) is 2.06. The zero-order valence-corrected chi connectivity index (χ0v) is 10.8. The van der Waals surface area contributed by atoms with Crippen LogP contribution in [0.25, 0.3) is 5.57 Å². The van der Waals surface area contributed by atoms with Crippen LogP contribution in [0, 0.1) is 0 Å². The van der Waals surface area contributed by atoms with Crippen LogP contribution in [0.3, 0.4) is 0 Å². The van der Waals surface area contributed by atoms with Gasteiger partial charge in [-0.3, -0.25) is 0 Å².